The molecule has 0 aliphatic heterocycles. The first kappa shape index (κ1) is 12.0. The van der Waals surface area contributed by atoms with Gasteiger partial charge in [-0.3, -0.25) is 0 Å². The molecule has 0 saturated heterocycles. The fraction of sp³-hybridized carbons (Fsp3) is 0. The smallest absolute Gasteiger partial charge is 0.219 e. The van der Waals surface area contributed by atoms with E-state index < -0.39 is 0 Å². The number of halogens is 1. The number of nitrogens with two attached hydrogens (primary N) is 1. The normalized spacial score (nSPS) is 9.94. The summed E-state index contributed by atoms with van der Waals surface area (Å²) < 4.78 is 6.55. The molecule has 0 unspecified atom stereocenters. The van der Waals surface area contributed by atoms with Crippen LogP contribution in [-0.4, -0.2) is 9.97 Å². The summed E-state index contributed by atoms with van der Waals surface area (Å²) in [7, 11) is 0. The molecule has 2 aromatic rings. The molecule has 0 spiro atoms. The summed E-state index contributed by atoms with van der Waals surface area (Å²) in [6.45, 7) is 0. The zero-order valence-corrected chi connectivity index (χ0v) is 11.2. The molecular formula is C12H9BrN2OS. The second-order valence-electron chi connectivity index (χ2n) is 3.31. The molecule has 1 aromatic heterocycles. The first-order valence-electron chi connectivity index (χ1n) is 4.84. The van der Waals surface area contributed by atoms with Gasteiger partial charge >= 0.3 is 0 Å². The molecule has 0 atom stereocenters. The van der Waals surface area contributed by atoms with Gasteiger partial charge < -0.3 is 10.5 Å². The van der Waals surface area contributed by atoms with Gasteiger partial charge in [-0.05, 0) is 30.3 Å². The predicted octanol–water partition coefficient (Wildman–Crippen LogP) is 3.27. The fourth-order valence-corrected chi connectivity index (χ4v) is 1.59. The van der Waals surface area contributed by atoms with Crippen LogP contribution in [0, 0.1) is 0 Å². The van der Waals surface area contributed by atoms with Crippen molar-refractivity contribution in [2.24, 2.45) is 5.73 Å². The van der Waals surface area contributed by atoms with E-state index in [1.165, 1.54) is 0 Å². The Morgan fingerprint density at radius 3 is 2.41 bits per heavy atom. The van der Waals surface area contributed by atoms with Crippen LogP contribution in [0.1, 0.15) is 5.56 Å². The van der Waals surface area contributed by atoms with Crippen LogP contribution in [0.5, 0.6) is 11.6 Å². The zero-order valence-electron chi connectivity index (χ0n) is 8.76. The summed E-state index contributed by atoms with van der Waals surface area (Å²) in [5, 5.41) is 0. The largest absolute Gasteiger partial charge is 0.439 e. The third-order valence-electron chi connectivity index (χ3n) is 2.06. The average Bonchev–Trinajstić information content (AvgIpc) is 2.33. The van der Waals surface area contributed by atoms with Gasteiger partial charge in [-0.1, -0.05) is 28.1 Å². The molecule has 1 aromatic carbocycles. The minimum Gasteiger partial charge on any atom is -0.439 e. The van der Waals surface area contributed by atoms with E-state index >= 15 is 0 Å². The molecule has 0 radical (unpaired) electrons. The molecule has 0 amide bonds. The van der Waals surface area contributed by atoms with E-state index in [2.05, 4.69) is 20.9 Å². The van der Waals surface area contributed by atoms with Crippen LogP contribution in [0.3, 0.4) is 0 Å². The lowest BCUT2D eigenvalue weighted by Crippen LogP contribution is -2.09. The number of pyridine rings is 1. The Morgan fingerprint density at radius 1 is 1.18 bits per heavy atom. The maximum Gasteiger partial charge on any atom is 0.219 e. The van der Waals surface area contributed by atoms with Gasteiger partial charge in [-0.15, -0.1) is 0 Å². The van der Waals surface area contributed by atoms with Crippen LogP contribution in [-0.2, 0) is 0 Å². The van der Waals surface area contributed by atoms with E-state index in [0.717, 1.165) is 15.8 Å². The van der Waals surface area contributed by atoms with Crippen molar-refractivity contribution >= 4 is 33.1 Å². The number of hydrogen-bond donors (Lipinski definition) is 1. The first-order valence-corrected chi connectivity index (χ1v) is 6.04. The Balaban J connectivity index is 2.13. The number of thiocarbonyl (C=S) groups is 1. The molecule has 0 saturated carbocycles. The van der Waals surface area contributed by atoms with E-state index in [1.54, 1.807) is 18.3 Å². The number of ether oxygens (including phenoxy) is 1. The molecule has 86 valence electrons. The molecule has 0 aliphatic rings. The van der Waals surface area contributed by atoms with Crippen molar-refractivity contribution in [3.05, 3.63) is 52.6 Å². The van der Waals surface area contributed by atoms with Gasteiger partial charge in [0.1, 0.15) is 10.7 Å². The number of nitrogens with zero attached hydrogens (tertiary/aromatic N) is 1. The Kier molecular flexibility index (Phi) is 3.71. The van der Waals surface area contributed by atoms with Gasteiger partial charge in [0.05, 0.1) is 0 Å². The van der Waals surface area contributed by atoms with Crippen LogP contribution in [0.25, 0.3) is 0 Å². The van der Waals surface area contributed by atoms with Crippen molar-refractivity contribution in [3.63, 3.8) is 0 Å². The van der Waals surface area contributed by atoms with Crippen LogP contribution in [0.15, 0.2) is 47.1 Å². The molecule has 0 bridgehead atoms. The number of benzene rings is 1. The van der Waals surface area contributed by atoms with E-state index in [9.17, 15) is 0 Å². The van der Waals surface area contributed by atoms with Crippen LogP contribution < -0.4 is 10.5 Å². The Labute approximate surface area is 113 Å². The van der Waals surface area contributed by atoms with Gasteiger partial charge in [0.2, 0.25) is 5.88 Å². The second-order valence-corrected chi connectivity index (χ2v) is 4.66. The molecule has 0 aliphatic carbocycles. The van der Waals surface area contributed by atoms with E-state index in [-0.39, 0.29) is 0 Å². The van der Waals surface area contributed by atoms with Gasteiger partial charge in [0, 0.05) is 22.3 Å². The lowest BCUT2D eigenvalue weighted by atomic mass is 10.3. The number of hydrogen-bond acceptors (Lipinski definition) is 3. The number of aromatic nitrogens is 1. The Bertz CT molecular complexity index is 525. The van der Waals surface area contributed by atoms with Crippen molar-refractivity contribution in [3.8, 4) is 11.6 Å². The van der Waals surface area contributed by atoms with E-state index in [1.807, 2.05) is 24.3 Å². The molecular weight excluding hydrogens is 300 g/mol. The van der Waals surface area contributed by atoms with Gasteiger partial charge in [-0.2, -0.15) is 0 Å². The van der Waals surface area contributed by atoms with Crippen molar-refractivity contribution in [1.82, 2.24) is 4.98 Å². The standard InChI is InChI=1S/C12H9BrN2OS/c13-9-2-4-10(5-3-9)16-11-6-1-8(7-15-11)12(14)17/h1-7H,(H2,14,17). The minimum atomic E-state index is 0.327. The first-order chi connectivity index (χ1) is 8.15. The highest BCUT2D eigenvalue weighted by molar-refractivity contribution is 9.10. The van der Waals surface area contributed by atoms with E-state index in [0.29, 0.717) is 10.9 Å². The molecule has 0 fully saturated rings. The van der Waals surface area contributed by atoms with Crippen molar-refractivity contribution < 1.29 is 4.74 Å². The maximum absolute atomic E-state index is 5.55. The van der Waals surface area contributed by atoms with Crippen molar-refractivity contribution in [1.29, 1.82) is 0 Å². The third-order valence-corrected chi connectivity index (χ3v) is 2.82. The zero-order chi connectivity index (χ0) is 12.3. The maximum atomic E-state index is 5.55. The molecule has 2 rings (SSSR count). The quantitative estimate of drug-likeness (QED) is 0.884. The van der Waals surface area contributed by atoms with Gasteiger partial charge in [-0.25, -0.2) is 4.98 Å². The lowest BCUT2D eigenvalue weighted by molar-refractivity contribution is 0.463. The Morgan fingerprint density at radius 2 is 1.88 bits per heavy atom. The van der Waals surface area contributed by atoms with Crippen molar-refractivity contribution in [2.75, 3.05) is 0 Å². The van der Waals surface area contributed by atoms with Gasteiger partial charge in [0.15, 0.2) is 0 Å². The highest BCUT2D eigenvalue weighted by Crippen LogP contribution is 2.21. The molecule has 2 N–H and O–H groups in total. The fourth-order valence-electron chi connectivity index (χ4n) is 1.21. The molecule has 1 heterocycles. The summed E-state index contributed by atoms with van der Waals surface area (Å²) in [5.74, 6) is 1.23. The average molecular weight is 309 g/mol. The lowest BCUT2D eigenvalue weighted by Gasteiger charge is -2.05. The third kappa shape index (κ3) is 3.25. The SMILES string of the molecule is NC(=S)c1ccc(Oc2ccc(Br)cc2)nc1. The van der Waals surface area contributed by atoms with Crippen molar-refractivity contribution in [2.45, 2.75) is 0 Å². The summed E-state index contributed by atoms with van der Waals surface area (Å²) in [6, 6.07) is 11.0. The minimum absolute atomic E-state index is 0.327. The topological polar surface area (TPSA) is 48.1 Å². The molecule has 5 heteroatoms. The second kappa shape index (κ2) is 5.25. The van der Waals surface area contributed by atoms with Crippen LogP contribution >= 0.6 is 28.1 Å². The molecule has 3 nitrogen and oxygen atoms in total. The van der Waals surface area contributed by atoms with E-state index in [4.69, 9.17) is 22.7 Å². The molecule has 17 heavy (non-hydrogen) atoms. The summed E-state index contributed by atoms with van der Waals surface area (Å²) in [4.78, 5) is 4.44. The highest BCUT2D eigenvalue weighted by atomic mass is 79.9. The monoisotopic (exact) mass is 308 g/mol. The highest BCUT2D eigenvalue weighted by Gasteiger charge is 2.00. The summed E-state index contributed by atoms with van der Waals surface area (Å²) >= 11 is 8.20. The van der Waals surface area contributed by atoms with Gasteiger partial charge in [0.25, 0.3) is 0 Å². The number of rotatable bonds is 3. The van der Waals surface area contributed by atoms with Crippen LogP contribution in [0.2, 0.25) is 0 Å². The summed E-state index contributed by atoms with van der Waals surface area (Å²) in [6.07, 6.45) is 1.59. The Hall–Kier alpha value is -1.46. The predicted molar refractivity (Wildman–Crippen MR) is 74.3 cm³/mol. The van der Waals surface area contributed by atoms with Crippen LogP contribution in [0.4, 0.5) is 0 Å². The summed E-state index contributed by atoms with van der Waals surface area (Å²) in [5.41, 5.74) is 6.20.